The summed E-state index contributed by atoms with van der Waals surface area (Å²) in [5.74, 6) is -0.940. The third-order valence-electron chi connectivity index (χ3n) is 2.31. The molecule has 3 N–H and O–H groups in total. The molecule has 6 heteroatoms. The molecule has 1 aromatic rings. The van der Waals surface area contributed by atoms with E-state index in [0.29, 0.717) is 34.9 Å². The van der Waals surface area contributed by atoms with Crippen LogP contribution in [0.1, 0.15) is 29.6 Å². The molecule has 0 radical (unpaired) electrons. The maximum Gasteiger partial charge on any atom is 0.252 e. The quantitative estimate of drug-likeness (QED) is 0.597. The number of rotatable bonds is 6. The average Bonchev–Trinajstić information content (AvgIpc) is 2.27. The van der Waals surface area contributed by atoms with E-state index in [0.717, 1.165) is 0 Å². The smallest absolute Gasteiger partial charge is 0.252 e. The molecular weight excluding hydrogens is 350 g/mol. The monoisotopic (exact) mass is 364 g/mol. The van der Waals surface area contributed by atoms with Crippen molar-refractivity contribution in [2.75, 3.05) is 6.54 Å². The first-order chi connectivity index (χ1) is 8.50. The van der Waals surface area contributed by atoms with Crippen LogP contribution < -0.4 is 11.1 Å². The predicted octanol–water partition coefficient (Wildman–Crippen LogP) is 1.82. The fourth-order valence-electron chi connectivity index (χ4n) is 1.39. The maximum atomic E-state index is 12.9. The minimum atomic E-state index is -0.364. The fourth-order valence-corrected chi connectivity index (χ4v) is 2.12. The van der Waals surface area contributed by atoms with Crippen LogP contribution in [0, 0.1) is 9.39 Å². The van der Waals surface area contributed by atoms with E-state index in [1.54, 1.807) is 0 Å². The van der Waals surface area contributed by atoms with Gasteiger partial charge in [-0.3, -0.25) is 9.59 Å². The van der Waals surface area contributed by atoms with E-state index in [4.69, 9.17) is 5.73 Å². The second-order valence-electron chi connectivity index (χ2n) is 3.80. The highest BCUT2D eigenvalue weighted by Crippen LogP contribution is 2.13. The van der Waals surface area contributed by atoms with Crippen molar-refractivity contribution in [1.82, 2.24) is 5.32 Å². The molecule has 0 unspecified atom stereocenters. The van der Waals surface area contributed by atoms with Gasteiger partial charge in [-0.05, 0) is 53.6 Å². The van der Waals surface area contributed by atoms with Gasteiger partial charge in [0.25, 0.3) is 5.91 Å². The number of carbonyl (C=O) groups excluding carboxylic acids is 2. The van der Waals surface area contributed by atoms with Crippen molar-refractivity contribution in [3.8, 4) is 0 Å². The Bertz CT molecular complexity index is 452. The van der Waals surface area contributed by atoms with Gasteiger partial charge >= 0.3 is 0 Å². The van der Waals surface area contributed by atoms with Gasteiger partial charge in [0.1, 0.15) is 5.82 Å². The van der Waals surface area contributed by atoms with Crippen molar-refractivity contribution in [2.24, 2.45) is 5.73 Å². The first kappa shape index (κ1) is 14.9. The molecule has 0 aliphatic carbocycles. The normalized spacial score (nSPS) is 10.1. The number of hydrogen-bond donors (Lipinski definition) is 2. The largest absolute Gasteiger partial charge is 0.370 e. The second-order valence-corrected chi connectivity index (χ2v) is 4.97. The van der Waals surface area contributed by atoms with Crippen molar-refractivity contribution in [1.29, 1.82) is 0 Å². The summed E-state index contributed by atoms with van der Waals surface area (Å²) in [6, 6.07) is 4.02. The number of carbonyl (C=O) groups is 2. The fraction of sp³-hybridized carbons (Fsp3) is 0.333. The molecule has 0 aliphatic heterocycles. The highest BCUT2D eigenvalue weighted by Gasteiger charge is 2.09. The summed E-state index contributed by atoms with van der Waals surface area (Å²) in [6.07, 6.45) is 1.66. The van der Waals surface area contributed by atoms with Gasteiger partial charge in [0.2, 0.25) is 5.91 Å². The van der Waals surface area contributed by atoms with Gasteiger partial charge in [-0.2, -0.15) is 0 Å². The van der Waals surface area contributed by atoms with Crippen LogP contribution >= 0.6 is 22.6 Å². The van der Waals surface area contributed by atoms with Crippen LogP contribution in [0.25, 0.3) is 0 Å². The molecule has 0 spiro atoms. The summed E-state index contributed by atoms with van der Waals surface area (Å²) in [6.45, 7) is 0.472. The molecule has 1 rings (SSSR count). The van der Waals surface area contributed by atoms with E-state index in [1.165, 1.54) is 18.2 Å². The van der Waals surface area contributed by atoms with Crippen molar-refractivity contribution in [3.05, 3.63) is 33.1 Å². The highest BCUT2D eigenvalue weighted by molar-refractivity contribution is 14.1. The highest BCUT2D eigenvalue weighted by atomic mass is 127. The Morgan fingerprint density at radius 2 is 2.06 bits per heavy atom. The number of hydrogen-bond acceptors (Lipinski definition) is 2. The predicted molar refractivity (Wildman–Crippen MR) is 74.5 cm³/mol. The van der Waals surface area contributed by atoms with Crippen molar-refractivity contribution >= 4 is 34.4 Å². The van der Waals surface area contributed by atoms with Crippen LogP contribution in [0.15, 0.2) is 18.2 Å². The molecule has 1 aromatic carbocycles. The Morgan fingerprint density at radius 1 is 1.33 bits per heavy atom. The summed E-state index contributed by atoms with van der Waals surface area (Å²) in [7, 11) is 0. The van der Waals surface area contributed by atoms with Gasteiger partial charge in [-0.25, -0.2) is 4.39 Å². The molecule has 0 aliphatic rings. The van der Waals surface area contributed by atoms with Gasteiger partial charge < -0.3 is 11.1 Å². The lowest BCUT2D eigenvalue weighted by molar-refractivity contribution is -0.118. The molecule has 18 heavy (non-hydrogen) atoms. The molecule has 4 nitrogen and oxygen atoms in total. The number of nitrogens with one attached hydrogen (secondary N) is 1. The molecule has 0 aromatic heterocycles. The number of nitrogens with two attached hydrogens (primary N) is 1. The van der Waals surface area contributed by atoms with Crippen LogP contribution in [0.3, 0.4) is 0 Å². The van der Waals surface area contributed by atoms with E-state index < -0.39 is 0 Å². The van der Waals surface area contributed by atoms with Crippen LogP contribution in [0.4, 0.5) is 4.39 Å². The standard InChI is InChI=1S/C12H14FIN2O2/c13-8-4-5-9(10(14)7-8)12(18)16-6-2-1-3-11(15)17/h4-5,7H,1-3,6H2,(H2,15,17)(H,16,18). The molecule has 0 atom stereocenters. The third-order valence-corrected chi connectivity index (χ3v) is 3.20. The summed E-state index contributed by atoms with van der Waals surface area (Å²) < 4.78 is 13.4. The van der Waals surface area contributed by atoms with Gasteiger partial charge in [0.05, 0.1) is 5.56 Å². The van der Waals surface area contributed by atoms with Crippen LogP contribution in [0.5, 0.6) is 0 Å². The van der Waals surface area contributed by atoms with E-state index >= 15 is 0 Å². The van der Waals surface area contributed by atoms with Crippen LogP contribution in [-0.4, -0.2) is 18.4 Å². The first-order valence-corrected chi connectivity index (χ1v) is 6.60. The molecule has 0 fully saturated rings. The van der Waals surface area contributed by atoms with E-state index in [2.05, 4.69) is 5.32 Å². The first-order valence-electron chi connectivity index (χ1n) is 5.52. The van der Waals surface area contributed by atoms with Gasteiger partial charge in [-0.15, -0.1) is 0 Å². The van der Waals surface area contributed by atoms with Gasteiger partial charge in [0, 0.05) is 16.5 Å². The van der Waals surface area contributed by atoms with Gasteiger partial charge in [0.15, 0.2) is 0 Å². The lowest BCUT2D eigenvalue weighted by Gasteiger charge is -2.06. The molecule has 0 saturated heterocycles. The Balaban J connectivity index is 2.39. The SMILES string of the molecule is NC(=O)CCCCNC(=O)c1ccc(F)cc1I. The number of primary amides is 1. The van der Waals surface area contributed by atoms with E-state index in [1.807, 2.05) is 22.6 Å². The molecule has 0 heterocycles. The van der Waals surface area contributed by atoms with Crippen molar-refractivity contribution in [2.45, 2.75) is 19.3 Å². The van der Waals surface area contributed by atoms with Crippen molar-refractivity contribution < 1.29 is 14.0 Å². The van der Waals surface area contributed by atoms with E-state index in [-0.39, 0.29) is 17.6 Å². The second kappa shape index (κ2) is 7.30. The molecule has 0 saturated carbocycles. The Kier molecular flexibility index (Phi) is 6.03. The van der Waals surface area contributed by atoms with Crippen LogP contribution in [0.2, 0.25) is 0 Å². The molecule has 2 amide bonds. The minimum Gasteiger partial charge on any atom is -0.370 e. The maximum absolute atomic E-state index is 12.9. The van der Waals surface area contributed by atoms with Crippen molar-refractivity contribution in [3.63, 3.8) is 0 Å². The number of halogens is 2. The summed E-state index contributed by atoms with van der Waals surface area (Å²) in [5, 5.41) is 2.71. The Labute approximate surface area is 118 Å². The number of amides is 2. The third kappa shape index (κ3) is 4.99. The van der Waals surface area contributed by atoms with E-state index in [9.17, 15) is 14.0 Å². The zero-order chi connectivity index (χ0) is 13.5. The lowest BCUT2D eigenvalue weighted by atomic mass is 10.2. The lowest BCUT2D eigenvalue weighted by Crippen LogP contribution is -2.25. The molecule has 0 bridgehead atoms. The van der Waals surface area contributed by atoms with Crippen LogP contribution in [-0.2, 0) is 4.79 Å². The Hall–Kier alpha value is -1.18. The number of benzene rings is 1. The number of unbranched alkanes of at least 4 members (excludes halogenated alkanes) is 1. The topological polar surface area (TPSA) is 72.2 Å². The van der Waals surface area contributed by atoms with Gasteiger partial charge in [-0.1, -0.05) is 0 Å². The minimum absolute atomic E-state index is 0.238. The molecular formula is C12H14FIN2O2. The zero-order valence-corrected chi connectivity index (χ0v) is 11.9. The summed E-state index contributed by atoms with van der Waals surface area (Å²) in [5.41, 5.74) is 5.45. The molecule has 98 valence electrons. The zero-order valence-electron chi connectivity index (χ0n) is 9.71. The summed E-state index contributed by atoms with van der Waals surface area (Å²) >= 11 is 1.92. The average molecular weight is 364 g/mol. The Morgan fingerprint density at radius 3 is 2.67 bits per heavy atom. The summed E-state index contributed by atoms with van der Waals surface area (Å²) in [4.78, 5) is 22.2.